The smallest absolute Gasteiger partial charge is 0.226 e. The molecule has 1 N–H and O–H groups in total. The minimum absolute atomic E-state index is 0.0467. The van der Waals surface area contributed by atoms with E-state index in [1.807, 2.05) is 43.9 Å². The number of hydrogen-bond donors (Lipinski definition) is 1. The van der Waals surface area contributed by atoms with Crippen LogP contribution < -0.4 is 5.32 Å². The quantitative estimate of drug-likeness (QED) is 0.928. The molecule has 0 radical (unpaired) electrons. The summed E-state index contributed by atoms with van der Waals surface area (Å²) in [4.78, 5) is 26.2. The molecule has 1 aromatic rings. The summed E-state index contributed by atoms with van der Waals surface area (Å²) >= 11 is 0. The Morgan fingerprint density at radius 3 is 2.55 bits per heavy atom. The van der Waals surface area contributed by atoms with Gasteiger partial charge < -0.3 is 10.2 Å². The van der Waals surface area contributed by atoms with E-state index in [4.69, 9.17) is 0 Å². The second-order valence-corrected chi connectivity index (χ2v) is 6.48. The van der Waals surface area contributed by atoms with Gasteiger partial charge in [-0.1, -0.05) is 29.8 Å². The standard InChI is InChI=1S/C18H26N2O2/c1-13(2)19-18(22)16-7-9-20(10-8-16)17(21)12-15-6-4-5-14(3)11-15/h4-6,11,13,16H,7-10,12H2,1-3H3,(H,19,22). The molecule has 0 aromatic heterocycles. The van der Waals surface area contributed by atoms with Gasteiger partial charge in [0.2, 0.25) is 11.8 Å². The Morgan fingerprint density at radius 2 is 1.95 bits per heavy atom. The highest BCUT2D eigenvalue weighted by molar-refractivity contribution is 5.81. The van der Waals surface area contributed by atoms with Gasteiger partial charge in [0.25, 0.3) is 0 Å². The van der Waals surface area contributed by atoms with E-state index in [2.05, 4.69) is 11.4 Å². The molecule has 1 fully saturated rings. The van der Waals surface area contributed by atoms with Crippen LogP contribution in [0.25, 0.3) is 0 Å². The van der Waals surface area contributed by atoms with Crippen LogP contribution in [-0.2, 0) is 16.0 Å². The van der Waals surface area contributed by atoms with Crippen LogP contribution in [0.5, 0.6) is 0 Å². The number of aryl methyl sites for hydroxylation is 1. The van der Waals surface area contributed by atoms with Gasteiger partial charge in [0.15, 0.2) is 0 Å². The first kappa shape index (κ1) is 16.5. The van der Waals surface area contributed by atoms with E-state index in [9.17, 15) is 9.59 Å². The molecule has 0 aliphatic carbocycles. The molecule has 2 amide bonds. The molecular formula is C18H26N2O2. The van der Waals surface area contributed by atoms with E-state index in [1.54, 1.807) is 0 Å². The normalized spacial score (nSPS) is 15.9. The molecule has 1 saturated heterocycles. The molecule has 2 rings (SSSR count). The van der Waals surface area contributed by atoms with Gasteiger partial charge in [-0.2, -0.15) is 0 Å². The van der Waals surface area contributed by atoms with Crippen LogP contribution in [0.1, 0.15) is 37.8 Å². The van der Waals surface area contributed by atoms with Gasteiger partial charge >= 0.3 is 0 Å². The summed E-state index contributed by atoms with van der Waals surface area (Å²) in [5, 5.41) is 2.96. The number of nitrogens with one attached hydrogen (secondary N) is 1. The zero-order chi connectivity index (χ0) is 16.1. The van der Waals surface area contributed by atoms with Gasteiger partial charge in [0.1, 0.15) is 0 Å². The van der Waals surface area contributed by atoms with Crippen LogP contribution in [0, 0.1) is 12.8 Å². The molecule has 1 heterocycles. The first-order chi connectivity index (χ1) is 10.5. The molecule has 1 aliphatic rings. The van der Waals surface area contributed by atoms with Gasteiger partial charge in [-0.25, -0.2) is 0 Å². The highest BCUT2D eigenvalue weighted by Crippen LogP contribution is 2.18. The van der Waals surface area contributed by atoms with Crippen LogP contribution in [0.15, 0.2) is 24.3 Å². The zero-order valence-electron chi connectivity index (χ0n) is 13.8. The number of carbonyl (C=O) groups is 2. The third-order valence-electron chi connectivity index (χ3n) is 4.09. The summed E-state index contributed by atoms with van der Waals surface area (Å²) in [6.45, 7) is 7.34. The highest BCUT2D eigenvalue weighted by atomic mass is 16.2. The van der Waals surface area contributed by atoms with Crippen molar-refractivity contribution in [1.29, 1.82) is 0 Å². The fourth-order valence-corrected chi connectivity index (χ4v) is 2.90. The van der Waals surface area contributed by atoms with Crippen molar-refractivity contribution in [2.24, 2.45) is 5.92 Å². The molecule has 0 saturated carbocycles. The first-order valence-electron chi connectivity index (χ1n) is 8.09. The SMILES string of the molecule is Cc1cccc(CC(=O)N2CCC(C(=O)NC(C)C)CC2)c1. The summed E-state index contributed by atoms with van der Waals surface area (Å²) in [6.07, 6.45) is 1.97. The van der Waals surface area contributed by atoms with Gasteiger partial charge in [-0.05, 0) is 39.2 Å². The Labute approximate surface area is 132 Å². The Morgan fingerprint density at radius 1 is 1.27 bits per heavy atom. The summed E-state index contributed by atoms with van der Waals surface area (Å²) in [5.74, 6) is 0.333. The second-order valence-electron chi connectivity index (χ2n) is 6.48. The minimum atomic E-state index is 0.0467. The molecule has 22 heavy (non-hydrogen) atoms. The maximum atomic E-state index is 12.4. The van der Waals surface area contributed by atoms with Crippen molar-refractivity contribution in [1.82, 2.24) is 10.2 Å². The van der Waals surface area contributed by atoms with Crippen molar-refractivity contribution in [3.8, 4) is 0 Å². The van der Waals surface area contributed by atoms with E-state index in [0.29, 0.717) is 19.5 Å². The third kappa shape index (κ3) is 4.58. The minimum Gasteiger partial charge on any atom is -0.354 e. The van der Waals surface area contributed by atoms with Gasteiger partial charge in [-0.3, -0.25) is 9.59 Å². The molecule has 120 valence electrons. The maximum Gasteiger partial charge on any atom is 0.226 e. The predicted molar refractivity (Wildman–Crippen MR) is 87.5 cm³/mol. The van der Waals surface area contributed by atoms with Crippen LogP contribution in [0.4, 0.5) is 0 Å². The van der Waals surface area contributed by atoms with Gasteiger partial charge in [0, 0.05) is 25.0 Å². The van der Waals surface area contributed by atoms with E-state index in [-0.39, 0.29) is 23.8 Å². The molecule has 4 nitrogen and oxygen atoms in total. The number of likely N-dealkylation sites (tertiary alicyclic amines) is 1. The van der Waals surface area contributed by atoms with Crippen molar-refractivity contribution >= 4 is 11.8 Å². The molecule has 4 heteroatoms. The summed E-state index contributed by atoms with van der Waals surface area (Å²) in [5.41, 5.74) is 2.24. The lowest BCUT2D eigenvalue weighted by Crippen LogP contribution is -2.44. The molecule has 0 spiro atoms. The van der Waals surface area contributed by atoms with E-state index >= 15 is 0 Å². The van der Waals surface area contributed by atoms with Crippen molar-refractivity contribution in [2.75, 3.05) is 13.1 Å². The lowest BCUT2D eigenvalue weighted by Gasteiger charge is -2.31. The predicted octanol–water partition coefficient (Wildman–Crippen LogP) is 2.30. The monoisotopic (exact) mass is 302 g/mol. The molecule has 0 unspecified atom stereocenters. The number of carbonyl (C=O) groups excluding carboxylic acids is 2. The zero-order valence-corrected chi connectivity index (χ0v) is 13.8. The van der Waals surface area contributed by atoms with Gasteiger partial charge in [0.05, 0.1) is 6.42 Å². The van der Waals surface area contributed by atoms with Gasteiger partial charge in [-0.15, -0.1) is 0 Å². The number of benzene rings is 1. The summed E-state index contributed by atoms with van der Waals surface area (Å²) in [7, 11) is 0. The van der Waals surface area contributed by atoms with Crippen molar-refractivity contribution in [3.05, 3.63) is 35.4 Å². The summed E-state index contributed by atoms with van der Waals surface area (Å²) in [6, 6.07) is 8.25. The average molecular weight is 302 g/mol. The molecule has 0 atom stereocenters. The lowest BCUT2D eigenvalue weighted by atomic mass is 9.95. The van der Waals surface area contributed by atoms with Crippen molar-refractivity contribution < 1.29 is 9.59 Å². The average Bonchev–Trinajstić information content (AvgIpc) is 2.46. The van der Waals surface area contributed by atoms with E-state index in [1.165, 1.54) is 5.56 Å². The number of nitrogens with zero attached hydrogens (tertiary/aromatic N) is 1. The van der Waals surface area contributed by atoms with Crippen LogP contribution in [0.2, 0.25) is 0 Å². The van der Waals surface area contributed by atoms with Crippen molar-refractivity contribution in [3.63, 3.8) is 0 Å². The first-order valence-corrected chi connectivity index (χ1v) is 8.09. The molecule has 0 bridgehead atoms. The van der Waals surface area contributed by atoms with Crippen molar-refractivity contribution in [2.45, 2.75) is 46.1 Å². The maximum absolute atomic E-state index is 12.4. The fraction of sp³-hybridized carbons (Fsp3) is 0.556. The van der Waals surface area contributed by atoms with Crippen LogP contribution in [0.3, 0.4) is 0 Å². The molecule has 1 aromatic carbocycles. The fourth-order valence-electron chi connectivity index (χ4n) is 2.90. The Kier molecular flexibility index (Phi) is 5.58. The van der Waals surface area contributed by atoms with E-state index < -0.39 is 0 Å². The third-order valence-corrected chi connectivity index (χ3v) is 4.09. The number of amides is 2. The molecule has 1 aliphatic heterocycles. The van der Waals surface area contributed by atoms with E-state index in [0.717, 1.165) is 18.4 Å². The second kappa shape index (κ2) is 7.43. The Hall–Kier alpha value is -1.84. The number of rotatable bonds is 4. The summed E-state index contributed by atoms with van der Waals surface area (Å²) < 4.78 is 0. The number of piperidine rings is 1. The number of hydrogen-bond acceptors (Lipinski definition) is 2. The Bertz CT molecular complexity index is 532. The van der Waals surface area contributed by atoms with Crippen LogP contribution in [-0.4, -0.2) is 35.8 Å². The largest absolute Gasteiger partial charge is 0.354 e. The Balaban J connectivity index is 1.83. The molecular weight excluding hydrogens is 276 g/mol. The topological polar surface area (TPSA) is 49.4 Å². The lowest BCUT2D eigenvalue weighted by molar-refractivity contribution is -0.135. The van der Waals surface area contributed by atoms with Crippen LogP contribution >= 0.6 is 0 Å². The highest BCUT2D eigenvalue weighted by Gasteiger charge is 2.27.